The largest absolute Gasteiger partial charge is 0.507 e. The summed E-state index contributed by atoms with van der Waals surface area (Å²) in [5.74, 6) is -0.632. The molecule has 32 heavy (non-hydrogen) atoms. The summed E-state index contributed by atoms with van der Waals surface area (Å²) in [5, 5.41) is 20.0. The van der Waals surface area contributed by atoms with Crippen LogP contribution in [-0.4, -0.2) is 38.9 Å². The zero-order valence-corrected chi connectivity index (χ0v) is 18.8. The van der Waals surface area contributed by atoms with Crippen LogP contribution in [0.3, 0.4) is 0 Å². The number of aryl methyl sites for hydroxylation is 1. The van der Waals surface area contributed by atoms with Crippen LogP contribution in [0.15, 0.2) is 57.6 Å². The normalized spacial score (nSPS) is 12.6. The second kappa shape index (κ2) is 8.82. The summed E-state index contributed by atoms with van der Waals surface area (Å²) in [5.41, 5.74) is 8.36. The van der Waals surface area contributed by atoms with Crippen molar-refractivity contribution in [3.05, 3.63) is 53.6 Å². The van der Waals surface area contributed by atoms with Gasteiger partial charge in [-0.25, -0.2) is 12.6 Å². The lowest BCUT2D eigenvalue weighted by molar-refractivity contribution is 0.284. The number of nitrogens with two attached hydrogens (primary N) is 1. The van der Waals surface area contributed by atoms with Crippen LogP contribution < -0.4 is 5.73 Å². The standard InChI is InChI=1S/C20H21N3O7S2/c1-12-10-14-6-7-17(21)19(18(14)20(24)13(12)2)23-22-15-4-3-5-16(11-15)31(25,26)9-8-30-32(27,28)29/h3-7,10-11,24H,8-9,21H2,1-2H3,(H,27,28,29). The number of sulfone groups is 1. The first-order chi connectivity index (χ1) is 14.9. The summed E-state index contributed by atoms with van der Waals surface area (Å²) in [6, 6.07) is 10.8. The molecule has 0 fully saturated rings. The van der Waals surface area contributed by atoms with E-state index in [-0.39, 0.29) is 27.7 Å². The van der Waals surface area contributed by atoms with Crippen LogP contribution in [-0.2, 0) is 24.4 Å². The van der Waals surface area contributed by atoms with Gasteiger partial charge in [0.1, 0.15) is 11.4 Å². The van der Waals surface area contributed by atoms with E-state index < -0.39 is 32.6 Å². The van der Waals surface area contributed by atoms with E-state index in [0.29, 0.717) is 10.9 Å². The van der Waals surface area contributed by atoms with Crippen molar-refractivity contribution >= 4 is 48.1 Å². The number of anilines is 1. The van der Waals surface area contributed by atoms with Crippen LogP contribution >= 0.6 is 0 Å². The molecular formula is C20H21N3O7S2. The molecule has 0 bridgehead atoms. The van der Waals surface area contributed by atoms with Gasteiger partial charge in [0, 0.05) is 0 Å². The van der Waals surface area contributed by atoms with E-state index in [4.69, 9.17) is 10.3 Å². The Hall–Kier alpha value is -3.06. The van der Waals surface area contributed by atoms with E-state index in [1.807, 2.05) is 13.0 Å². The molecule has 12 heteroatoms. The van der Waals surface area contributed by atoms with Gasteiger partial charge in [0.2, 0.25) is 0 Å². The first kappa shape index (κ1) is 23.6. The predicted molar refractivity (Wildman–Crippen MR) is 120 cm³/mol. The lowest BCUT2D eigenvalue weighted by atomic mass is 9.99. The number of aromatic hydroxyl groups is 1. The highest BCUT2D eigenvalue weighted by Crippen LogP contribution is 2.41. The van der Waals surface area contributed by atoms with Crippen molar-refractivity contribution < 1.29 is 30.7 Å². The third kappa shape index (κ3) is 5.22. The van der Waals surface area contributed by atoms with E-state index in [0.717, 1.165) is 10.9 Å². The summed E-state index contributed by atoms with van der Waals surface area (Å²) < 4.78 is 58.6. The minimum Gasteiger partial charge on any atom is -0.507 e. The van der Waals surface area contributed by atoms with E-state index >= 15 is 0 Å². The van der Waals surface area contributed by atoms with Gasteiger partial charge in [-0.05, 0) is 54.6 Å². The van der Waals surface area contributed by atoms with Crippen molar-refractivity contribution in [2.45, 2.75) is 18.7 Å². The molecule has 0 saturated carbocycles. The number of hydrogen-bond acceptors (Lipinski definition) is 9. The molecule has 170 valence electrons. The highest BCUT2D eigenvalue weighted by molar-refractivity contribution is 7.91. The molecule has 0 aromatic heterocycles. The smallest absolute Gasteiger partial charge is 0.397 e. The Morgan fingerprint density at radius 3 is 2.44 bits per heavy atom. The Bertz CT molecular complexity index is 1430. The number of azo groups is 1. The highest BCUT2D eigenvalue weighted by Gasteiger charge is 2.17. The number of hydrogen-bond donors (Lipinski definition) is 3. The van der Waals surface area contributed by atoms with Gasteiger partial charge in [0.15, 0.2) is 9.84 Å². The first-order valence-corrected chi connectivity index (χ1v) is 12.3. The van der Waals surface area contributed by atoms with Crippen molar-refractivity contribution in [1.29, 1.82) is 0 Å². The monoisotopic (exact) mass is 479 g/mol. The Balaban J connectivity index is 1.96. The maximum Gasteiger partial charge on any atom is 0.397 e. The molecule has 0 radical (unpaired) electrons. The molecule has 3 rings (SSSR count). The predicted octanol–water partition coefficient (Wildman–Crippen LogP) is 3.75. The van der Waals surface area contributed by atoms with Gasteiger partial charge in [-0.15, -0.1) is 5.11 Å². The Morgan fingerprint density at radius 2 is 1.75 bits per heavy atom. The summed E-state index contributed by atoms with van der Waals surface area (Å²) in [4.78, 5) is -0.131. The molecule has 0 aliphatic carbocycles. The fourth-order valence-corrected chi connectivity index (χ4v) is 4.55. The lowest BCUT2D eigenvalue weighted by Crippen LogP contribution is -2.15. The Kier molecular flexibility index (Phi) is 6.51. The summed E-state index contributed by atoms with van der Waals surface area (Å²) in [6.07, 6.45) is 0. The highest BCUT2D eigenvalue weighted by atomic mass is 32.3. The third-order valence-corrected chi connectivity index (χ3v) is 6.96. The molecule has 3 aromatic carbocycles. The number of phenols is 1. The Labute approximate surface area is 185 Å². The van der Waals surface area contributed by atoms with Crippen molar-refractivity contribution in [3.63, 3.8) is 0 Å². The number of fused-ring (bicyclic) bond motifs is 1. The van der Waals surface area contributed by atoms with Gasteiger partial charge < -0.3 is 10.8 Å². The molecular weight excluding hydrogens is 458 g/mol. The molecule has 0 atom stereocenters. The maximum absolute atomic E-state index is 12.4. The van der Waals surface area contributed by atoms with Crippen molar-refractivity contribution in [2.75, 3.05) is 18.1 Å². The minimum absolute atomic E-state index is 0.0383. The number of phenolic OH excluding ortho intramolecular Hbond substituents is 1. The summed E-state index contributed by atoms with van der Waals surface area (Å²) in [7, 11) is -8.65. The number of nitrogen functional groups attached to an aromatic ring is 1. The first-order valence-electron chi connectivity index (χ1n) is 9.27. The molecule has 3 aromatic rings. The zero-order valence-electron chi connectivity index (χ0n) is 17.2. The van der Waals surface area contributed by atoms with Crippen LogP contribution in [0.4, 0.5) is 17.1 Å². The number of rotatable bonds is 7. The maximum atomic E-state index is 12.4. The molecule has 10 nitrogen and oxygen atoms in total. The van der Waals surface area contributed by atoms with Crippen LogP contribution in [0.25, 0.3) is 10.8 Å². The molecule has 4 N–H and O–H groups in total. The average Bonchev–Trinajstić information content (AvgIpc) is 2.71. The fourth-order valence-electron chi connectivity index (χ4n) is 3.03. The van der Waals surface area contributed by atoms with Crippen LogP contribution in [0.1, 0.15) is 11.1 Å². The second-order valence-corrected chi connectivity index (χ2v) is 10.2. The summed E-state index contributed by atoms with van der Waals surface area (Å²) in [6.45, 7) is 2.91. The van der Waals surface area contributed by atoms with Crippen LogP contribution in [0.2, 0.25) is 0 Å². The summed E-state index contributed by atoms with van der Waals surface area (Å²) >= 11 is 0. The van der Waals surface area contributed by atoms with Crippen LogP contribution in [0.5, 0.6) is 5.75 Å². The van der Waals surface area contributed by atoms with Crippen molar-refractivity contribution in [1.82, 2.24) is 0 Å². The third-order valence-electron chi connectivity index (χ3n) is 4.82. The molecule has 0 saturated heterocycles. The number of nitrogens with zero attached hydrogens (tertiary/aromatic N) is 2. The molecule has 0 unspecified atom stereocenters. The zero-order chi connectivity index (χ0) is 23.7. The molecule has 0 aliphatic heterocycles. The average molecular weight is 480 g/mol. The van der Waals surface area contributed by atoms with Gasteiger partial charge in [-0.1, -0.05) is 18.2 Å². The minimum atomic E-state index is -4.74. The number of benzene rings is 3. The van der Waals surface area contributed by atoms with E-state index in [9.17, 15) is 21.9 Å². The Morgan fingerprint density at radius 1 is 1.03 bits per heavy atom. The molecule has 0 amide bonds. The van der Waals surface area contributed by atoms with Gasteiger partial charge in [-0.3, -0.25) is 4.55 Å². The lowest BCUT2D eigenvalue weighted by Gasteiger charge is -2.11. The fraction of sp³-hybridized carbons (Fsp3) is 0.200. The van der Waals surface area contributed by atoms with E-state index in [1.54, 1.807) is 19.1 Å². The van der Waals surface area contributed by atoms with Crippen molar-refractivity contribution in [3.8, 4) is 5.75 Å². The van der Waals surface area contributed by atoms with E-state index in [2.05, 4.69) is 14.4 Å². The van der Waals surface area contributed by atoms with Crippen molar-refractivity contribution in [2.24, 2.45) is 10.2 Å². The van der Waals surface area contributed by atoms with Crippen LogP contribution in [0, 0.1) is 13.8 Å². The topological polar surface area (TPSA) is 169 Å². The second-order valence-electron chi connectivity index (χ2n) is 7.03. The molecule has 0 heterocycles. The molecule has 0 aliphatic rings. The SMILES string of the molecule is Cc1cc2ccc(N)c(N=Nc3cccc(S(=O)(=O)CCOS(=O)(=O)O)c3)c2c(O)c1C. The van der Waals surface area contributed by atoms with E-state index in [1.165, 1.54) is 24.3 Å². The molecule has 0 spiro atoms. The van der Waals surface area contributed by atoms with Gasteiger partial charge in [0.25, 0.3) is 0 Å². The van der Waals surface area contributed by atoms with Gasteiger partial charge >= 0.3 is 10.4 Å². The van der Waals surface area contributed by atoms with Gasteiger partial charge in [-0.2, -0.15) is 13.5 Å². The quantitative estimate of drug-likeness (QED) is 0.261. The van der Waals surface area contributed by atoms with Gasteiger partial charge in [0.05, 0.1) is 34.0 Å².